The number of thioether (sulfide) groups is 1. The van der Waals surface area contributed by atoms with Gasteiger partial charge in [0.15, 0.2) is 5.17 Å². The molecular weight excluding hydrogens is 312 g/mol. The summed E-state index contributed by atoms with van der Waals surface area (Å²) >= 11 is 1.43. The van der Waals surface area contributed by atoms with Gasteiger partial charge in [0, 0.05) is 24.0 Å². The van der Waals surface area contributed by atoms with Crippen molar-refractivity contribution in [3.8, 4) is 0 Å². The molecule has 0 N–H and O–H groups in total. The first kappa shape index (κ1) is 14.5. The zero-order valence-corrected chi connectivity index (χ0v) is 13.6. The molecule has 1 saturated heterocycles. The van der Waals surface area contributed by atoms with Gasteiger partial charge in [-0.2, -0.15) is 4.99 Å². The topological polar surface area (TPSA) is 55.0 Å². The number of hydrogen-bond donors (Lipinski definition) is 0. The van der Waals surface area contributed by atoms with Gasteiger partial charge >= 0.3 is 0 Å². The number of aryl methyl sites for hydroxylation is 1. The smallest absolute Gasteiger partial charge is 0.286 e. The van der Waals surface area contributed by atoms with E-state index in [9.17, 15) is 4.79 Å². The Morgan fingerprint density at radius 3 is 2.87 bits per heavy atom. The summed E-state index contributed by atoms with van der Waals surface area (Å²) in [6.45, 7) is 4.83. The molecule has 6 heteroatoms. The monoisotopic (exact) mass is 328 g/mol. The second kappa shape index (κ2) is 5.86. The molecule has 1 fully saturated rings. The lowest BCUT2D eigenvalue weighted by Crippen LogP contribution is -2.38. The highest BCUT2D eigenvalue weighted by Gasteiger charge is 2.27. The molecule has 0 aliphatic carbocycles. The van der Waals surface area contributed by atoms with Gasteiger partial charge in [-0.3, -0.25) is 4.79 Å². The number of furan rings is 1. The number of aliphatic imine (C=N–C) groups is 1. The minimum absolute atomic E-state index is 0.179. The predicted molar refractivity (Wildman–Crippen MR) is 91.4 cm³/mol. The van der Waals surface area contributed by atoms with E-state index in [-0.39, 0.29) is 5.91 Å². The summed E-state index contributed by atoms with van der Waals surface area (Å²) < 4.78 is 11.1. The SMILES string of the molecule is Cc1oc2ccccc2c1/C=C1/SC(N2CCOCC2)=NC1=O. The first-order valence-corrected chi connectivity index (χ1v) is 8.37. The van der Waals surface area contributed by atoms with Crippen molar-refractivity contribution < 1.29 is 13.9 Å². The fourth-order valence-corrected chi connectivity index (χ4v) is 3.73. The number of amidine groups is 1. The van der Waals surface area contributed by atoms with Crippen molar-refractivity contribution in [2.75, 3.05) is 26.3 Å². The molecule has 1 aromatic carbocycles. The fraction of sp³-hybridized carbons (Fsp3) is 0.294. The van der Waals surface area contributed by atoms with Crippen LogP contribution in [-0.4, -0.2) is 42.3 Å². The lowest BCUT2D eigenvalue weighted by atomic mass is 10.1. The van der Waals surface area contributed by atoms with E-state index in [0.29, 0.717) is 18.1 Å². The fourth-order valence-electron chi connectivity index (χ4n) is 2.79. The maximum absolute atomic E-state index is 12.2. The zero-order chi connectivity index (χ0) is 15.8. The Balaban J connectivity index is 1.64. The van der Waals surface area contributed by atoms with Gasteiger partial charge in [-0.05, 0) is 30.8 Å². The van der Waals surface area contributed by atoms with Crippen LogP contribution in [-0.2, 0) is 9.53 Å². The Bertz CT molecular complexity index is 831. The lowest BCUT2D eigenvalue weighted by molar-refractivity contribution is -0.113. The molecule has 0 saturated carbocycles. The molecule has 0 radical (unpaired) electrons. The molecule has 2 aliphatic heterocycles. The van der Waals surface area contributed by atoms with E-state index in [1.165, 1.54) is 11.8 Å². The molecule has 4 rings (SSSR count). The highest BCUT2D eigenvalue weighted by molar-refractivity contribution is 8.18. The first-order valence-electron chi connectivity index (χ1n) is 7.56. The summed E-state index contributed by atoms with van der Waals surface area (Å²) in [5, 5.41) is 1.79. The second-order valence-corrected chi connectivity index (χ2v) is 6.49. The first-order chi connectivity index (χ1) is 11.2. The Kier molecular flexibility index (Phi) is 3.71. The molecule has 118 valence electrons. The van der Waals surface area contributed by atoms with Crippen molar-refractivity contribution in [3.63, 3.8) is 0 Å². The number of fused-ring (bicyclic) bond motifs is 1. The summed E-state index contributed by atoms with van der Waals surface area (Å²) in [5.41, 5.74) is 1.79. The van der Waals surface area contributed by atoms with Gasteiger partial charge in [-0.1, -0.05) is 18.2 Å². The highest BCUT2D eigenvalue weighted by atomic mass is 32.2. The minimum atomic E-state index is -0.179. The van der Waals surface area contributed by atoms with Crippen LogP contribution in [0.4, 0.5) is 0 Å². The Morgan fingerprint density at radius 2 is 2.04 bits per heavy atom. The predicted octanol–water partition coefficient (Wildman–Crippen LogP) is 3.04. The van der Waals surface area contributed by atoms with Gasteiger partial charge in [0.2, 0.25) is 0 Å². The van der Waals surface area contributed by atoms with Gasteiger partial charge in [0.1, 0.15) is 11.3 Å². The molecule has 0 spiro atoms. The third kappa shape index (κ3) is 2.68. The summed E-state index contributed by atoms with van der Waals surface area (Å²) in [6, 6.07) is 7.85. The standard InChI is InChI=1S/C17H16N2O3S/c1-11-13(12-4-2-3-5-14(12)22-11)10-15-16(20)18-17(23-15)19-6-8-21-9-7-19/h2-5,10H,6-9H2,1H3/b15-10+. The van der Waals surface area contributed by atoms with Crippen molar-refractivity contribution in [3.05, 3.63) is 40.5 Å². The van der Waals surface area contributed by atoms with Crippen molar-refractivity contribution in [1.29, 1.82) is 0 Å². The summed E-state index contributed by atoms with van der Waals surface area (Å²) in [7, 11) is 0. The van der Waals surface area contributed by atoms with Crippen LogP contribution in [0, 0.1) is 6.92 Å². The Labute approximate surface area is 138 Å². The van der Waals surface area contributed by atoms with Gasteiger partial charge in [-0.15, -0.1) is 0 Å². The van der Waals surface area contributed by atoms with Crippen LogP contribution in [0.3, 0.4) is 0 Å². The molecule has 1 aromatic heterocycles. The van der Waals surface area contributed by atoms with Crippen LogP contribution in [0.15, 0.2) is 38.6 Å². The largest absolute Gasteiger partial charge is 0.461 e. The van der Waals surface area contributed by atoms with Crippen LogP contribution in [0.25, 0.3) is 17.0 Å². The normalized spacial score (nSPS) is 20.6. The maximum atomic E-state index is 12.2. The van der Waals surface area contributed by atoms with Crippen LogP contribution >= 0.6 is 11.8 Å². The van der Waals surface area contributed by atoms with E-state index in [1.807, 2.05) is 37.3 Å². The van der Waals surface area contributed by atoms with Crippen LogP contribution < -0.4 is 0 Å². The van der Waals surface area contributed by atoms with Crippen molar-refractivity contribution >= 4 is 39.9 Å². The van der Waals surface area contributed by atoms with E-state index < -0.39 is 0 Å². The van der Waals surface area contributed by atoms with Gasteiger partial charge in [-0.25, -0.2) is 0 Å². The number of carbonyl (C=O) groups is 1. The van der Waals surface area contributed by atoms with E-state index in [1.54, 1.807) is 0 Å². The van der Waals surface area contributed by atoms with Crippen LogP contribution in [0.1, 0.15) is 11.3 Å². The van der Waals surface area contributed by atoms with Crippen molar-refractivity contribution in [1.82, 2.24) is 4.90 Å². The molecule has 0 atom stereocenters. The number of ether oxygens (including phenoxy) is 1. The Hall–Kier alpha value is -2.05. The van der Waals surface area contributed by atoms with E-state index in [2.05, 4.69) is 9.89 Å². The summed E-state index contributed by atoms with van der Waals surface area (Å²) in [4.78, 5) is 19.2. The zero-order valence-electron chi connectivity index (χ0n) is 12.7. The highest BCUT2D eigenvalue weighted by Crippen LogP contribution is 2.34. The van der Waals surface area contributed by atoms with Gasteiger partial charge in [0.25, 0.3) is 5.91 Å². The summed E-state index contributed by atoms with van der Waals surface area (Å²) in [6.07, 6.45) is 1.89. The number of hydrogen-bond acceptors (Lipinski definition) is 5. The van der Waals surface area contributed by atoms with Gasteiger partial charge < -0.3 is 14.1 Å². The van der Waals surface area contributed by atoms with Crippen LogP contribution in [0.2, 0.25) is 0 Å². The summed E-state index contributed by atoms with van der Waals surface area (Å²) in [5.74, 6) is 0.632. The lowest BCUT2D eigenvalue weighted by Gasteiger charge is -2.27. The average molecular weight is 328 g/mol. The van der Waals surface area contributed by atoms with E-state index in [4.69, 9.17) is 9.15 Å². The molecular formula is C17H16N2O3S. The van der Waals surface area contributed by atoms with E-state index >= 15 is 0 Å². The number of amides is 1. The van der Waals surface area contributed by atoms with Crippen molar-refractivity contribution in [2.24, 2.45) is 4.99 Å². The number of nitrogens with zero attached hydrogens (tertiary/aromatic N) is 2. The Morgan fingerprint density at radius 1 is 1.26 bits per heavy atom. The quantitative estimate of drug-likeness (QED) is 0.753. The molecule has 23 heavy (non-hydrogen) atoms. The van der Waals surface area contributed by atoms with E-state index in [0.717, 1.165) is 40.6 Å². The molecule has 0 bridgehead atoms. The third-order valence-corrected chi connectivity index (χ3v) is 5.03. The number of rotatable bonds is 1. The molecule has 2 aromatic rings. The number of para-hydroxylation sites is 1. The molecule has 3 heterocycles. The number of benzene rings is 1. The molecule has 1 amide bonds. The minimum Gasteiger partial charge on any atom is -0.461 e. The maximum Gasteiger partial charge on any atom is 0.286 e. The number of carbonyl (C=O) groups excluding carboxylic acids is 1. The molecule has 0 unspecified atom stereocenters. The van der Waals surface area contributed by atoms with Crippen LogP contribution in [0.5, 0.6) is 0 Å². The van der Waals surface area contributed by atoms with Crippen molar-refractivity contribution in [2.45, 2.75) is 6.92 Å². The molecule has 5 nitrogen and oxygen atoms in total. The average Bonchev–Trinajstić information content (AvgIpc) is 3.10. The molecule has 2 aliphatic rings. The third-order valence-electron chi connectivity index (χ3n) is 3.99. The number of morpholine rings is 1. The second-order valence-electron chi connectivity index (χ2n) is 5.48. The van der Waals surface area contributed by atoms with Gasteiger partial charge in [0.05, 0.1) is 18.1 Å².